The molecular formula is C18H22O3. The Labute approximate surface area is 126 Å². The van der Waals surface area contributed by atoms with Crippen molar-refractivity contribution in [2.75, 3.05) is 7.11 Å². The predicted molar refractivity (Wildman–Crippen MR) is 83.4 cm³/mol. The van der Waals surface area contributed by atoms with Crippen molar-refractivity contribution in [1.82, 2.24) is 0 Å². The van der Waals surface area contributed by atoms with Crippen molar-refractivity contribution in [3.63, 3.8) is 0 Å². The van der Waals surface area contributed by atoms with E-state index >= 15 is 0 Å². The molecule has 0 amide bonds. The summed E-state index contributed by atoms with van der Waals surface area (Å²) in [5.41, 5.74) is 1.76. The first-order chi connectivity index (χ1) is 10.1. The molecule has 2 unspecified atom stereocenters. The maximum atomic E-state index is 10.5. The van der Waals surface area contributed by atoms with Gasteiger partial charge in [0.1, 0.15) is 18.0 Å². The van der Waals surface area contributed by atoms with Gasteiger partial charge < -0.3 is 14.6 Å². The summed E-state index contributed by atoms with van der Waals surface area (Å²) in [6.07, 6.45) is -0.967. The number of benzene rings is 2. The van der Waals surface area contributed by atoms with Gasteiger partial charge in [-0.15, -0.1) is 0 Å². The van der Waals surface area contributed by atoms with E-state index in [1.807, 2.05) is 68.4 Å². The highest BCUT2D eigenvalue weighted by atomic mass is 16.5. The lowest BCUT2D eigenvalue weighted by molar-refractivity contribution is -0.0149. The highest BCUT2D eigenvalue weighted by Gasteiger charge is 2.22. The Kier molecular flexibility index (Phi) is 5.37. The van der Waals surface area contributed by atoms with E-state index in [4.69, 9.17) is 9.47 Å². The summed E-state index contributed by atoms with van der Waals surface area (Å²) in [5.74, 6) is 0.801. The van der Waals surface area contributed by atoms with Gasteiger partial charge in [-0.05, 0) is 37.1 Å². The minimum absolute atomic E-state index is 0.136. The third kappa shape index (κ3) is 4.06. The molecule has 2 atom stereocenters. The number of ether oxygens (including phenoxy) is 2. The van der Waals surface area contributed by atoms with Crippen molar-refractivity contribution >= 4 is 0 Å². The van der Waals surface area contributed by atoms with Crippen molar-refractivity contribution in [3.05, 3.63) is 65.7 Å². The zero-order chi connectivity index (χ0) is 15.2. The first kappa shape index (κ1) is 15.5. The smallest absolute Gasteiger partial charge is 0.119 e. The molecule has 2 aromatic carbocycles. The predicted octanol–water partition coefficient (Wildman–Crippen LogP) is 3.89. The van der Waals surface area contributed by atoms with Crippen LogP contribution in [-0.4, -0.2) is 18.3 Å². The van der Waals surface area contributed by atoms with Crippen LogP contribution in [0.3, 0.4) is 0 Å². The molecule has 0 fully saturated rings. The van der Waals surface area contributed by atoms with E-state index in [0.29, 0.717) is 0 Å². The van der Waals surface area contributed by atoms with Crippen molar-refractivity contribution in [3.8, 4) is 5.75 Å². The summed E-state index contributed by atoms with van der Waals surface area (Å²) in [5, 5.41) is 10.5. The van der Waals surface area contributed by atoms with E-state index in [1.165, 1.54) is 0 Å². The zero-order valence-electron chi connectivity index (χ0n) is 12.7. The lowest BCUT2D eigenvalue weighted by Gasteiger charge is -2.22. The van der Waals surface area contributed by atoms with Crippen LogP contribution in [0.5, 0.6) is 5.75 Å². The van der Waals surface area contributed by atoms with Crippen molar-refractivity contribution in [2.24, 2.45) is 0 Å². The van der Waals surface area contributed by atoms with Crippen LogP contribution >= 0.6 is 0 Å². The summed E-state index contributed by atoms with van der Waals surface area (Å²) in [6.45, 7) is 3.97. The number of hydrogen-bond acceptors (Lipinski definition) is 3. The Bertz CT molecular complexity index is 534. The molecule has 0 aliphatic heterocycles. The van der Waals surface area contributed by atoms with Crippen LogP contribution in [0.2, 0.25) is 0 Å². The molecule has 0 radical (unpaired) electrons. The van der Waals surface area contributed by atoms with E-state index in [9.17, 15) is 5.11 Å². The molecule has 1 N–H and O–H groups in total. The fourth-order valence-electron chi connectivity index (χ4n) is 2.28. The molecular weight excluding hydrogens is 264 g/mol. The summed E-state index contributed by atoms with van der Waals surface area (Å²) in [7, 11) is 1.61. The minimum atomic E-state index is -0.717. The quantitative estimate of drug-likeness (QED) is 0.875. The fourth-order valence-corrected chi connectivity index (χ4v) is 2.28. The number of aliphatic hydroxyl groups is 1. The normalized spacial score (nSPS) is 14.0. The Hall–Kier alpha value is -1.84. The van der Waals surface area contributed by atoms with Gasteiger partial charge in [0.15, 0.2) is 0 Å². The summed E-state index contributed by atoms with van der Waals surface area (Å²) < 4.78 is 11.1. The lowest BCUT2D eigenvalue weighted by Crippen LogP contribution is -2.13. The number of methoxy groups -OCH3 is 1. The standard InChI is InChI=1S/C18H22O3/c1-13(2)21-16-11-9-14(10-12-16)17(19)18(20-3)15-7-5-4-6-8-15/h4-13,17-19H,1-3H3. The van der Waals surface area contributed by atoms with Crippen molar-refractivity contribution < 1.29 is 14.6 Å². The Morgan fingerprint density at radius 3 is 2.00 bits per heavy atom. The van der Waals surface area contributed by atoms with E-state index in [0.717, 1.165) is 16.9 Å². The largest absolute Gasteiger partial charge is 0.491 e. The zero-order valence-corrected chi connectivity index (χ0v) is 12.7. The third-order valence-corrected chi connectivity index (χ3v) is 3.26. The second kappa shape index (κ2) is 7.25. The van der Waals surface area contributed by atoms with Gasteiger partial charge in [0, 0.05) is 7.11 Å². The van der Waals surface area contributed by atoms with Crippen LogP contribution in [0.15, 0.2) is 54.6 Å². The van der Waals surface area contributed by atoms with Gasteiger partial charge in [0.25, 0.3) is 0 Å². The average Bonchev–Trinajstić information content (AvgIpc) is 2.49. The fraction of sp³-hybridized carbons (Fsp3) is 0.333. The van der Waals surface area contributed by atoms with Crippen LogP contribution in [0.1, 0.15) is 37.2 Å². The first-order valence-corrected chi connectivity index (χ1v) is 7.14. The summed E-state index contributed by atoms with van der Waals surface area (Å²) in [6, 6.07) is 17.2. The topological polar surface area (TPSA) is 38.7 Å². The van der Waals surface area contributed by atoms with Crippen LogP contribution < -0.4 is 4.74 Å². The van der Waals surface area contributed by atoms with Gasteiger partial charge in [-0.2, -0.15) is 0 Å². The number of aliphatic hydroxyl groups excluding tert-OH is 1. The molecule has 21 heavy (non-hydrogen) atoms. The molecule has 0 aliphatic carbocycles. The molecule has 0 saturated heterocycles. The average molecular weight is 286 g/mol. The molecule has 0 spiro atoms. The molecule has 2 rings (SSSR count). The molecule has 3 heteroatoms. The van der Waals surface area contributed by atoms with E-state index in [2.05, 4.69) is 0 Å². The molecule has 0 aliphatic rings. The van der Waals surface area contributed by atoms with Gasteiger partial charge >= 0.3 is 0 Å². The van der Waals surface area contributed by atoms with Gasteiger partial charge in [-0.1, -0.05) is 42.5 Å². The van der Waals surface area contributed by atoms with Gasteiger partial charge in [-0.25, -0.2) is 0 Å². The van der Waals surface area contributed by atoms with Crippen molar-refractivity contribution in [1.29, 1.82) is 0 Å². The maximum absolute atomic E-state index is 10.5. The number of hydrogen-bond donors (Lipinski definition) is 1. The summed E-state index contributed by atoms with van der Waals surface area (Å²) in [4.78, 5) is 0. The third-order valence-electron chi connectivity index (χ3n) is 3.26. The van der Waals surface area contributed by atoms with Gasteiger partial charge in [-0.3, -0.25) is 0 Å². The molecule has 0 heterocycles. The van der Waals surface area contributed by atoms with Crippen LogP contribution in [0, 0.1) is 0 Å². The molecule has 112 valence electrons. The van der Waals surface area contributed by atoms with Crippen LogP contribution in [0.25, 0.3) is 0 Å². The monoisotopic (exact) mass is 286 g/mol. The molecule has 0 bridgehead atoms. The van der Waals surface area contributed by atoms with Crippen molar-refractivity contribution in [2.45, 2.75) is 32.2 Å². The Morgan fingerprint density at radius 2 is 1.48 bits per heavy atom. The second-order valence-corrected chi connectivity index (χ2v) is 5.25. The second-order valence-electron chi connectivity index (χ2n) is 5.25. The molecule has 0 aromatic heterocycles. The Morgan fingerprint density at radius 1 is 0.857 bits per heavy atom. The van der Waals surface area contributed by atoms with Crippen LogP contribution in [-0.2, 0) is 4.74 Å². The summed E-state index contributed by atoms with van der Waals surface area (Å²) >= 11 is 0. The van der Waals surface area contributed by atoms with Gasteiger partial charge in [0.2, 0.25) is 0 Å². The molecule has 2 aromatic rings. The van der Waals surface area contributed by atoms with E-state index in [1.54, 1.807) is 7.11 Å². The first-order valence-electron chi connectivity index (χ1n) is 7.14. The SMILES string of the molecule is COC(c1ccccc1)C(O)c1ccc(OC(C)C)cc1. The molecule has 3 nitrogen and oxygen atoms in total. The van der Waals surface area contributed by atoms with E-state index in [-0.39, 0.29) is 12.2 Å². The van der Waals surface area contributed by atoms with Crippen LogP contribution in [0.4, 0.5) is 0 Å². The number of rotatable bonds is 6. The van der Waals surface area contributed by atoms with Gasteiger partial charge in [0.05, 0.1) is 6.10 Å². The van der Waals surface area contributed by atoms with E-state index < -0.39 is 6.10 Å². The minimum Gasteiger partial charge on any atom is -0.491 e. The highest BCUT2D eigenvalue weighted by molar-refractivity contribution is 5.31. The molecule has 0 saturated carbocycles. The highest BCUT2D eigenvalue weighted by Crippen LogP contribution is 2.32. The Balaban J connectivity index is 2.16. The maximum Gasteiger partial charge on any atom is 0.119 e. The lowest BCUT2D eigenvalue weighted by atomic mass is 9.98.